The van der Waals surface area contributed by atoms with Crippen LogP contribution < -0.4 is 5.73 Å². The lowest BCUT2D eigenvalue weighted by molar-refractivity contribution is -0.162. The summed E-state index contributed by atoms with van der Waals surface area (Å²) in [5.41, 5.74) is 6.10. The number of carbonyl (C=O) groups is 3. The number of ether oxygens (including phenoxy) is 2. The van der Waals surface area contributed by atoms with Crippen molar-refractivity contribution < 1.29 is 39.2 Å². The van der Waals surface area contributed by atoms with Crippen LogP contribution in [0.4, 0.5) is 0 Å². The molecule has 9 nitrogen and oxygen atoms in total. The third-order valence-corrected chi connectivity index (χ3v) is 10.6. The lowest BCUT2D eigenvalue weighted by Gasteiger charge is -2.22. The van der Waals surface area contributed by atoms with Gasteiger partial charge in [0.15, 0.2) is 6.10 Å². The number of esters is 2. The van der Waals surface area contributed by atoms with Gasteiger partial charge in [0.05, 0.1) is 12.7 Å². The number of carbonyl (C=O) groups excluding carboxylic acids is 2. The molecule has 0 radical (unpaired) electrons. The molecule has 0 rings (SSSR count). The van der Waals surface area contributed by atoms with E-state index in [0.717, 1.165) is 38.0 Å². The van der Waals surface area contributed by atoms with Gasteiger partial charge in [0.2, 0.25) is 0 Å². The van der Waals surface area contributed by atoms with Crippen molar-refractivity contribution in [2.24, 2.45) is 11.7 Å². The first-order valence-corrected chi connectivity index (χ1v) is 21.6. The molecule has 0 aromatic rings. The number of aliphatic carboxylic acids is 1. The number of hydrogen-bond acceptors (Lipinski definition) is 9. The number of hydrogen-bond donors (Lipinski definition) is 4. The van der Waals surface area contributed by atoms with Gasteiger partial charge in [-0.3, -0.25) is 14.4 Å². The number of allylic oxidation sites excluding steroid dienone is 7. The quantitative estimate of drug-likeness (QED) is 0.0210. The molecule has 0 spiro atoms. The number of aliphatic hydroxyl groups excluding tert-OH is 2. The normalized spacial score (nSPS) is 15.0. The van der Waals surface area contributed by atoms with Crippen LogP contribution in [-0.2, 0) is 23.9 Å². The Morgan fingerprint density at radius 2 is 1.43 bits per heavy atom. The van der Waals surface area contributed by atoms with Gasteiger partial charge in [-0.25, -0.2) is 0 Å². The molecule has 0 aliphatic rings. The lowest BCUT2D eigenvalue weighted by Crippen LogP contribution is -2.40. The molecule has 1 unspecified atom stereocenters. The Hall–Kier alpha value is -2.40. The van der Waals surface area contributed by atoms with Crippen molar-refractivity contribution in [1.29, 1.82) is 0 Å². The smallest absolute Gasteiger partial charge is 0.324 e. The van der Waals surface area contributed by atoms with E-state index in [-0.39, 0.29) is 37.6 Å². The standard InChI is InChI=1S/C43H75NO8S/c1-4-6-7-8-9-10-11-12-16-19-22-25-30-40(39(46)29-27-31-41(47)48)53-35-38(44)43(50)52-37(33-45)34-51-42(49)32-26-23-20-17-14-13-15-18-21-24-28-36(3)5-2/h9-10,12,16,19,22,25,30,36-40,45-46H,4-8,11,13-15,17-18,20-21,23-24,26-29,31-35,44H2,1-3H3,(H,47,48)/b10-9-,16-12-,22-19+,30-25+/t36?,37-,38-,39-,40+/m0/s1. The summed E-state index contributed by atoms with van der Waals surface area (Å²) in [6, 6.07) is -1.05. The molecular formula is C43H75NO8S. The molecule has 0 aromatic heterocycles. The van der Waals surface area contributed by atoms with Crippen LogP contribution in [0.5, 0.6) is 0 Å². The second-order valence-electron chi connectivity index (χ2n) is 14.2. The number of rotatable bonds is 36. The highest BCUT2D eigenvalue weighted by Crippen LogP contribution is 2.22. The van der Waals surface area contributed by atoms with Crippen LogP contribution >= 0.6 is 11.8 Å². The third kappa shape index (κ3) is 32.7. The van der Waals surface area contributed by atoms with Gasteiger partial charge in [0.25, 0.3) is 0 Å². The summed E-state index contributed by atoms with van der Waals surface area (Å²) in [5, 5.41) is 29.0. The lowest BCUT2D eigenvalue weighted by atomic mass is 9.99. The van der Waals surface area contributed by atoms with E-state index in [1.165, 1.54) is 88.8 Å². The van der Waals surface area contributed by atoms with Crippen LogP contribution in [0.3, 0.4) is 0 Å². The van der Waals surface area contributed by atoms with Crippen LogP contribution in [-0.4, -0.2) is 75.7 Å². The Balaban J connectivity index is 4.52. The SMILES string of the molecule is CCCCC/C=C\C\C=C/C=C/C=C/[C@@H](SC[C@H](N)C(=O)O[C@@H](CO)COC(=O)CCCCCCCCCCCCC(C)CC)[C@@H](O)CCCC(=O)O. The van der Waals surface area contributed by atoms with Crippen molar-refractivity contribution in [1.82, 2.24) is 0 Å². The first kappa shape index (κ1) is 50.6. The van der Waals surface area contributed by atoms with Gasteiger partial charge < -0.3 is 30.5 Å². The van der Waals surface area contributed by atoms with Gasteiger partial charge in [-0.05, 0) is 44.4 Å². The molecule has 53 heavy (non-hydrogen) atoms. The Morgan fingerprint density at radius 3 is 2.08 bits per heavy atom. The molecular weight excluding hydrogens is 691 g/mol. The first-order chi connectivity index (χ1) is 25.6. The minimum Gasteiger partial charge on any atom is -0.481 e. The van der Waals surface area contributed by atoms with E-state index in [1.54, 1.807) is 12.2 Å². The Kier molecular flexibility index (Phi) is 34.9. The van der Waals surface area contributed by atoms with Crippen molar-refractivity contribution in [3.05, 3.63) is 48.6 Å². The zero-order valence-electron chi connectivity index (χ0n) is 33.3. The molecule has 306 valence electrons. The molecule has 5 atom stereocenters. The molecule has 0 aliphatic carbocycles. The molecule has 0 aromatic carbocycles. The highest BCUT2D eigenvalue weighted by Gasteiger charge is 2.24. The fourth-order valence-electron chi connectivity index (χ4n) is 5.48. The van der Waals surface area contributed by atoms with Crippen molar-refractivity contribution in [2.75, 3.05) is 19.0 Å². The molecule has 10 heteroatoms. The van der Waals surface area contributed by atoms with Crippen molar-refractivity contribution in [2.45, 2.75) is 179 Å². The minimum atomic E-state index is -1.05. The van der Waals surface area contributed by atoms with Crippen LogP contribution in [0, 0.1) is 5.92 Å². The van der Waals surface area contributed by atoms with Gasteiger partial charge in [-0.2, -0.15) is 0 Å². The first-order valence-electron chi connectivity index (χ1n) is 20.5. The zero-order chi connectivity index (χ0) is 39.4. The second kappa shape index (κ2) is 36.6. The van der Waals surface area contributed by atoms with Crippen LogP contribution in [0.25, 0.3) is 0 Å². The van der Waals surface area contributed by atoms with Gasteiger partial charge in [-0.1, -0.05) is 153 Å². The van der Waals surface area contributed by atoms with E-state index in [2.05, 4.69) is 39.0 Å². The summed E-state index contributed by atoms with van der Waals surface area (Å²) < 4.78 is 10.6. The molecule has 0 saturated carbocycles. The maximum Gasteiger partial charge on any atom is 0.324 e. The Labute approximate surface area is 326 Å². The average molecular weight is 766 g/mol. The summed E-state index contributed by atoms with van der Waals surface area (Å²) in [5.74, 6) is -1.09. The summed E-state index contributed by atoms with van der Waals surface area (Å²) in [6.07, 6.45) is 34.7. The van der Waals surface area contributed by atoms with Gasteiger partial charge >= 0.3 is 17.9 Å². The number of carboxylic acids is 1. The van der Waals surface area contributed by atoms with E-state index in [4.69, 9.17) is 20.3 Å². The van der Waals surface area contributed by atoms with E-state index >= 15 is 0 Å². The van der Waals surface area contributed by atoms with Crippen LogP contribution in [0.2, 0.25) is 0 Å². The number of aliphatic hydroxyl groups is 2. The van der Waals surface area contributed by atoms with E-state index < -0.39 is 42.0 Å². The maximum absolute atomic E-state index is 12.7. The number of nitrogens with two attached hydrogens (primary N) is 1. The van der Waals surface area contributed by atoms with Crippen molar-refractivity contribution in [3.63, 3.8) is 0 Å². The predicted molar refractivity (Wildman–Crippen MR) is 220 cm³/mol. The summed E-state index contributed by atoms with van der Waals surface area (Å²) in [4.78, 5) is 35.9. The molecule has 5 N–H and O–H groups in total. The minimum absolute atomic E-state index is 0.0478. The fourth-order valence-corrected chi connectivity index (χ4v) is 6.61. The number of unbranched alkanes of at least 4 members (excludes halogenated alkanes) is 12. The largest absolute Gasteiger partial charge is 0.481 e. The Bertz CT molecular complexity index is 1030. The molecule has 0 heterocycles. The third-order valence-electron chi connectivity index (χ3n) is 9.17. The average Bonchev–Trinajstić information content (AvgIpc) is 3.14. The van der Waals surface area contributed by atoms with E-state index in [9.17, 15) is 24.6 Å². The second-order valence-corrected chi connectivity index (χ2v) is 15.4. The molecule has 0 fully saturated rings. The van der Waals surface area contributed by atoms with Crippen LogP contribution in [0.15, 0.2) is 48.6 Å². The number of carboxylic acid groups (broad SMARTS) is 1. The monoisotopic (exact) mass is 766 g/mol. The summed E-state index contributed by atoms with van der Waals surface area (Å²) >= 11 is 1.26. The van der Waals surface area contributed by atoms with E-state index in [1.807, 2.05) is 18.2 Å². The van der Waals surface area contributed by atoms with Gasteiger partial charge in [0, 0.05) is 23.8 Å². The maximum atomic E-state index is 12.7. The highest BCUT2D eigenvalue weighted by molar-refractivity contribution is 8.00. The Morgan fingerprint density at radius 1 is 0.774 bits per heavy atom. The molecule has 0 amide bonds. The predicted octanol–water partition coefficient (Wildman–Crippen LogP) is 9.40. The van der Waals surface area contributed by atoms with Crippen molar-refractivity contribution in [3.8, 4) is 0 Å². The van der Waals surface area contributed by atoms with Crippen LogP contribution in [0.1, 0.15) is 156 Å². The number of thioether (sulfide) groups is 1. The topological polar surface area (TPSA) is 156 Å². The summed E-state index contributed by atoms with van der Waals surface area (Å²) in [7, 11) is 0. The molecule has 0 saturated heterocycles. The van der Waals surface area contributed by atoms with Crippen molar-refractivity contribution >= 4 is 29.7 Å². The highest BCUT2D eigenvalue weighted by atomic mass is 32.2. The van der Waals surface area contributed by atoms with Gasteiger partial charge in [-0.15, -0.1) is 11.8 Å². The molecule has 0 bridgehead atoms. The molecule has 0 aliphatic heterocycles. The summed E-state index contributed by atoms with van der Waals surface area (Å²) in [6.45, 7) is 6.02. The fraction of sp³-hybridized carbons (Fsp3) is 0.744. The zero-order valence-corrected chi connectivity index (χ0v) is 34.2. The van der Waals surface area contributed by atoms with E-state index in [0.29, 0.717) is 6.42 Å². The van der Waals surface area contributed by atoms with Gasteiger partial charge in [0.1, 0.15) is 12.6 Å².